The molecule has 0 spiro atoms. The number of carbonyl (C=O) groups is 1. The number of hydrogen-bond donors (Lipinski definition) is 3. The van der Waals surface area contributed by atoms with Crippen LogP contribution in [0.2, 0.25) is 0 Å². The van der Waals surface area contributed by atoms with Crippen LogP contribution in [-0.4, -0.2) is 28.2 Å². The fourth-order valence-electron chi connectivity index (χ4n) is 3.52. The highest BCUT2D eigenvalue weighted by Gasteiger charge is 2.34. The molecule has 2 heterocycles. The number of hydrogen-bond acceptors (Lipinski definition) is 3. The van der Waals surface area contributed by atoms with Gasteiger partial charge in [-0.3, -0.25) is 9.89 Å². The monoisotopic (exact) mass is 276 g/mol. The third kappa shape index (κ3) is 2.87. The number of piperidine rings is 1. The molecule has 1 saturated carbocycles. The molecule has 3 atom stereocenters. The molecule has 1 aromatic rings. The van der Waals surface area contributed by atoms with Crippen LogP contribution < -0.4 is 10.6 Å². The van der Waals surface area contributed by atoms with E-state index in [0.29, 0.717) is 11.9 Å². The molecule has 1 aliphatic heterocycles. The Labute approximate surface area is 119 Å². The molecular formula is C15H24N4O. The summed E-state index contributed by atoms with van der Waals surface area (Å²) in [5.74, 6) is 1.48. The van der Waals surface area contributed by atoms with Crippen molar-refractivity contribution in [2.24, 2.45) is 5.92 Å². The third-order valence-electron chi connectivity index (χ3n) is 4.73. The first-order valence-electron chi connectivity index (χ1n) is 7.87. The molecule has 1 saturated heterocycles. The van der Waals surface area contributed by atoms with E-state index < -0.39 is 0 Å². The van der Waals surface area contributed by atoms with E-state index in [4.69, 9.17) is 0 Å². The van der Waals surface area contributed by atoms with E-state index in [0.717, 1.165) is 24.5 Å². The maximum absolute atomic E-state index is 12.3. The van der Waals surface area contributed by atoms with Gasteiger partial charge in [-0.1, -0.05) is 19.8 Å². The summed E-state index contributed by atoms with van der Waals surface area (Å²) in [5, 5.41) is 13.5. The van der Waals surface area contributed by atoms with Gasteiger partial charge in [0.15, 0.2) is 5.82 Å². The Balaban J connectivity index is 1.57. The molecule has 2 aliphatic rings. The zero-order valence-electron chi connectivity index (χ0n) is 12.1. The number of nitrogens with zero attached hydrogens (tertiary/aromatic N) is 1. The number of H-pyrrole nitrogens is 1. The quantitative estimate of drug-likeness (QED) is 0.793. The van der Waals surface area contributed by atoms with Crippen molar-refractivity contribution in [3.05, 3.63) is 11.8 Å². The summed E-state index contributed by atoms with van der Waals surface area (Å²) < 4.78 is 0. The van der Waals surface area contributed by atoms with Crippen molar-refractivity contribution in [2.75, 3.05) is 5.32 Å². The smallest absolute Gasteiger partial charge is 0.242 e. The third-order valence-corrected chi connectivity index (χ3v) is 4.73. The molecule has 20 heavy (non-hydrogen) atoms. The molecule has 0 bridgehead atoms. The van der Waals surface area contributed by atoms with Gasteiger partial charge in [0.1, 0.15) is 0 Å². The molecule has 5 nitrogen and oxygen atoms in total. The number of carbonyl (C=O) groups excluding carboxylic acids is 1. The number of rotatable bonds is 3. The molecular weight excluding hydrogens is 252 g/mol. The number of amides is 1. The van der Waals surface area contributed by atoms with Gasteiger partial charge in [0.05, 0.1) is 6.04 Å². The fraction of sp³-hybridized carbons (Fsp3) is 0.733. The molecule has 3 N–H and O–H groups in total. The summed E-state index contributed by atoms with van der Waals surface area (Å²) >= 11 is 0. The highest BCUT2D eigenvalue weighted by atomic mass is 16.2. The zero-order chi connectivity index (χ0) is 13.9. The average molecular weight is 276 g/mol. The number of anilines is 1. The van der Waals surface area contributed by atoms with Gasteiger partial charge >= 0.3 is 0 Å². The van der Waals surface area contributed by atoms with Crippen LogP contribution in [0.15, 0.2) is 6.07 Å². The lowest BCUT2D eigenvalue weighted by atomic mass is 9.77. The largest absolute Gasteiger partial charge is 0.308 e. The van der Waals surface area contributed by atoms with Crippen molar-refractivity contribution in [3.63, 3.8) is 0 Å². The lowest BCUT2D eigenvalue weighted by Crippen LogP contribution is -2.53. The van der Waals surface area contributed by atoms with Crippen LogP contribution in [0.25, 0.3) is 0 Å². The van der Waals surface area contributed by atoms with Crippen LogP contribution in [0.4, 0.5) is 5.82 Å². The van der Waals surface area contributed by atoms with Crippen molar-refractivity contribution in [3.8, 4) is 0 Å². The second kappa shape index (κ2) is 5.95. The fourth-order valence-corrected chi connectivity index (χ4v) is 3.52. The van der Waals surface area contributed by atoms with Gasteiger partial charge in [0.2, 0.25) is 5.91 Å². The van der Waals surface area contributed by atoms with E-state index in [9.17, 15) is 4.79 Å². The Hall–Kier alpha value is -1.36. The van der Waals surface area contributed by atoms with Crippen LogP contribution in [0.1, 0.15) is 51.1 Å². The van der Waals surface area contributed by atoms with Gasteiger partial charge in [-0.05, 0) is 38.0 Å². The van der Waals surface area contributed by atoms with Gasteiger partial charge in [-0.15, -0.1) is 0 Å². The Bertz CT molecular complexity index is 470. The molecule has 0 radical (unpaired) electrons. The Morgan fingerprint density at radius 3 is 3.00 bits per heavy atom. The summed E-state index contributed by atoms with van der Waals surface area (Å²) in [4.78, 5) is 12.3. The lowest BCUT2D eigenvalue weighted by molar-refractivity contribution is -0.119. The average Bonchev–Trinajstić information content (AvgIpc) is 2.94. The summed E-state index contributed by atoms with van der Waals surface area (Å²) in [5.41, 5.74) is 1.05. The predicted octanol–water partition coefficient (Wildman–Crippen LogP) is 2.22. The molecule has 1 aromatic heterocycles. The maximum Gasteiger partial charge on any atom is 0.242 e. The van der Waals surface area contributed by atoms with Crippen molar-refractivity contribution in [1.82, 2.24) is 15.5 Å². The Morgan fingerprint density at radius 1 is 1.35 bits per heavy atom. The van der Waals surface area contributed by atoms with E-state index >= 15 is 0 Å². The standard InChI is InChI=1S/C15H24N4O/c1-2-11-9-14(19-18-11)17-15(20)13-8-7-10-5-3-4-6-12(10)16-13/h9-10,12-13,16H,2-8H2,1H3,(H2,17,18,19,20). The molecule has 3 unspecified atom stereocenters. The van der Waals surface area contributed by atoms with E-state index in [2.05, 4.69) is 27.8 Å². The summed E-state index contributed by atoms with van der Waals surface area (Å²) in [7, 11) is 0. The molecule has 0 aromatic carbocycles. The van der Waals surface area contributed by atoms with Gasteiger partial charge in [-0.25, -0.2) is 0 Å². The summed E-state index contributed by atoms with van der Waals surface area (Å²) in [6.07, 6.45) is 8.21. The van der Waals surface area contributed by atoms with Gasteiger partial charge in [0, 0.05) is 17.8 Å². The molecule has 2 fully saturated rings. The minimum Gasteiger partial charge on any atom is -0.308 e. The zero-order valence-corrected chi connectivity index (χ0v) is 12.1. The van der Waals surface area contributed by atoms with Crippen molar-refractivity contribution in [1.29, 1.82) is 0 Å². The first-order valence-corrected chi connectivity index (χ1v) is 7.87. The maximum atomic E-state index is 12.3. The van der Waals surface area contributed by atoms with Crippen LogP contribution in [0.3, 0.4) is 0 Å². The van der Waals surface area contributed by atoms with E-state index in [1.807, 2.05) is 6.07 Å². The van der Waals surface area contributed by atoms with Crippen LogP contribution >= 0.6 is 0 Å². The molecule has 3 rings (SSSR count). The van der Waals surface area contributed by atoms with E-state index in [1.54, 1.807) is 0 Å². The Kier molecular flexibility index (Phi) is 4.05. The molecule has 5 heteroatoms. The lowest BCUT2D eigenvalue weighted by Gasteiger charge is -2.39. The highest BCUT2D eigenvalue weighted by Crippen LogP contribution is 2.32. The summed E-state index contributed by atoms with van der Waals surface area (Å²) in [6, 6.07) is 2.39. The van der Waals surface area contributed by atoms with Crippen LogP contribution in [0, 0.1) is 5.92 Å². The van der Waals surface area contributed by atoms with E-state index in [1.165, 1.54) is 32.1 Å². The molecule has 1 aliphatic carbocycles. The first kappa shape index (κ1) is 13.6. The van der Waals surface area contributed by atoms with Crippen LogP contribution in [0.5, 0.6) is 0 Å². The Morgan fingerprint density at radius 2 is 2.20 bits per heavy atom. The van der Waals surface area contributed by atoms with Crippen molar-refractivity contribution in [2.45, 2.75) is 64.0 Å². The molecule has 1 amide bonds. The number of aromatic nitrogens is 2. The number of aromatic amines is 1. The minimum absolute atomic E-state index is 0.0585. The number of fused-ring (bicyclic) bond motifs is 1. The topological polar surface area (TPSA) is 69.8 Å². The van der Waals surface area contributed by atoms with Gasteiger partial charge in [-0.2, -0.15) is 5.10 Å². The number of nitrogens with one attached hydrogen (secondary N) is 3. The van der Waals surface area contributed by atoms with Gasteiger partial charge in [0.25, 0.3) is 0 Å². The van der Waals surface area contributed by atoms with E-state index in [-0.39, 0.29) is 11.9 Å². The molecule has 110 valence electrons. The SMILES string of the molecule is CCc1cc(NC(=O)C2CCC3CCCCC3N2)n[nH]1. The second-order valence-electron chi connectivity index (χ2n) is 6.07. The van der Waals surface area contributed by atoms with Crippen molar-refractivity contribution >= 4 is 11.7 Å². The predicted molar refractivity (Wildman–Crippen MR) is 78.5 cm³/mol. The number of aryl methyl sites for hydroxylation is 1. The summed E-state index contributed by atoms with van der Waals surface area (Å²) in [6.45, 7) is 2.06. The first-order chi connectivity index (χ1) is 9.76. The second-order valence-corrected chi connectivity index (χ2v) is 6.07. The van der Waals surface area contributed by atoms with Gasteiger partial charge < -0.3 is 10.6 Å². The van der Waals surface area contributed by atoms with Crippen molar-refractivity contribution < 1.29 is 4.79 Å². The normalized spacial score (nSPS) is 29.8. The van der Waals surface area contributed by atoms with Crippen LogP contribution in [-0.2, 0) is 11.2 Å². The highest BCUT2D eigenvalue weighted by molar-refractivity contribution is 5.94. The minimum atomic E-state index is -0.0591.